The molecule has 3 aliphatic rings. The van der Waals surface area contributed by atoms with E-state index in [4.69, 9.17) is 11.4 Å². The minimum atomic E-state index is -0.289. The fourth-order valence-electron chi connectivity index (χ4n) is 6.05. The molecule has 3 fully saturated rings. The van der Waals surface area contributed by atoms with Gasteiger partial charge in [0.2, 0.25) is 0 Å². The molecular formula is C31H25FN8. The smallest absolute Gasteiger partial charge is 0.128 e. The SMILES string of the molecule is C#Cc1cc(F)cc(CN2C3CC2CN(c2ccc(-c4cc(-c5cnn(C)c5)cn5ncc(C#N)c45)cn2)C3)c1. The lowest BCUT2D eigenvalue weighted by Crippen LogP contribution is -2.68. The Balaban J connectivity index is 1.13. The minimum Gasteiger partial charge on any atom is -0.353 e. The average molecular weight is 529 g/mol. The zero-order chi connectivity index (χ0) is 27.4. The molecule has 0 amide bonds. The van der Waals surface area contributed by atoms with Gasteiger partial charge in [0.05, 0.1) is 23.5 Å². The fourth-order valence-corrected chi connectivity index (χ4v) is 6.05. The number of aryl methyl sites for hydroxylation is 1. The van der Waals surface area contributed by atoms with Gasteiger partial charge in [-0.15, -0.1) is 6.42 Å². The van der Waals surface area contributed by atoms with Gasteiger partial charge in [-0.3, -0.25) is 9.58 Å². The number of pyridine rings is 2. The molecule has 0 N–H and O–H groups in total. The number of benzene rings is 1. The summed E-state index contributed by atoms with van der Waals surface area (Å²) in [4.78, 5) is 9.59. The van der Waals surface area contributed by atoms with E-state index in [2.05, 4.69) is 44.1 Å². The van der Waals surface area contributed by atoms with Crippen molar-refractivity contribution in [3.63, 3.8) is 0 Å². The molecule has 2 unspecified atom stereocenters. The third kappa shape index (κ3) is 4.08. The Kier molecular flexibility index (Phi) is 5.62. The van der Waals surface area contributed by atoms with Gasteiger partial charge in [0.1, 0.15) is 17.7 Å². The van der Waals surface area contributed by atoms with Gasteiger partial charge in [0.25, 0.3) is 0 Å². The maximum absolute atomic E-state index is 14.0. The van der Waals surface area contributed by atoms with Gasteiger partial charge >= 0.3 is 0 Å². The first-order chi connectivity index (χ1) is 19.5. The molecule has 40 heavy (non-hydrogen) atoms. The number of nitriles is 1. The highest BCUT2D eigenvalue weighted by atomic mass is 19.1. The van der Waals surface area contributed by atoms with Crippen LogP contribution in [0.15, 0.2) is 67.4 Å². The van der Waals surface area contributed by atoms with Crippen LogP contribution in [0.4, 0.5) is 10.2 Å². The normalized spacial score (nSPS) is 18.4. The van der Waals surface area contributed by atoms with Crippen LogP contribution in [0.2, 0.25) is 0 Å². The van der Waals surface area contributed by atoms with Crippen molar-refractivity contribution in [1.82, 2.24) is 29.3 Å². The van der Waals surface area contributed by atoms with E-state index in [1.54, 1.807) is 21.5 Å². The second-order valence-electron chi connectivity index (χ2n) is 10.5. The summed E-state index contributed by atoms with van der Waals surface area (Å²) in [7, 11) is 1.88. The van der Waals surface area contributed by atoms with Crippen molar-refractivity contribution < 1.29 is 4.39 Å². The molecule has 3 saturated heterocycles. The number of piperidine rings is 1. The number of fused-ring (bicyclic) bond motifs is 3. The summed E-state index contributed by atoms with van der Waals surface area (Å²) in [6.07, 6.45) is 15.8. The first kappa shape index (κ1) is 24.1. The molecule has 0 radical (unpaired) electrons. The lowest BCUT2D eigenvalue weighted by molar-refractivity contribution is -0.00874. The molecule has 9 heteroatoms. The van der Waals surface area contributed by atoms with Crippen molar-refractivity contribution in [3.8, 4) is 40.7 Å². The molecule has 8 rings (SSSR count). The molecular weight excluding hydrogens is 503 g/mol. The quantitative estimate of drug-likeness (QED) is 0.318. The standard InChI is InChI=1S/C31H25FN8/c1-3-20-6-21(8-26(32)7-20)15-39-27-10-28(39)19-38(18-27)30-5-4-22(12-34-30)29-9-23(25-14-35-37(2)16-25)17-40-31(29)24(11-33)13-36-40/h1,4-9,12-14,16-17,27-28H,10,15,18-19H2,2H3. The van der Waals surface area contributed by atoms with Gasteiger partial charge in [-0.05, 0) is 48.4 Å². The lowest BCUT2D eigenvalue weighted by Gasteiger charge is -2.56. The van der Waals surface area contributed by atoms with E-state index in [0.29, 0.717) is 29.8 Å². The molecule has 5 aromatic rings. The number of terminal acetylenes is 1. The Labute approximate surface area is 230 Å². The maximum atomic E-state index is 14.0. The number of hydrogen-bond acceptors (Lipinski definition) is 6. The highest BCUT2D eigenvalue weighted by Gasteiger charge is 2.44. The van der Waals surface area contributed by atoms with Crippen molar-refractivity contribution >= 4 is 11.3 Å². The number of rotatable bonds is 5. The molecule has 3 aliphatic heterocycles. The maximum Gasteiger partial charge on any atom is 0.128 e. The van der Waals surface area contributed by atoms with Gasteiger partial charge in [-0.2, -0.15) is 15.5 Å². The van der Waals surface area contributed by atoms with E-state index in [0.717, 1.165) is 58.7 Å². The fraction of sp³-hybridized carbons (Fsp3) is 0.226. The Morgan fingerprint density at radius 3 is 2.55 bits per heavy atom. The van der Waals surface area contributed by atoms with E-state index >= 15 is 0 Å². The Bertz CT molecular complexity index is 1830. The minimum absolute atomic E-state index is 0.289. The Morgan fingerprint density at radius 2 is 1.85 bits per heavy atom. The predicted octanol–water partition coefficient (Wildman–Crippen LogP) is 4.25. The first-order valence-electron chi connectivity index (χ1n) is 13.1. The zero-order valence-electron chi connectivity index (χ0n) is 21.9. The third-order valence-corrected chi connectivity index (χ3v) is 7.99. The zero-order valence-corrected chi connectivity index (χ0v) is 21.9. The number of aromatic nitrogens is 5. The number of piperazine rings is 1. The van der Waals surface area contributed by atoms with Crippen molar-refractivity contribution in [3.05, 3.63) is 89.9 Å². The molecule has 4 aromatic heterocycles. The van der Waals surface area contributed by atoms with Gasteiger partial charge in [0.15, 0.2) is 0 Å². The summed E-state index contributed by atoms with van der Waals surface area (Å²) in [5.41, 5.74) is 6.48. The van der Waals surface area contributed by atoms with Crippen LogP contribution in [0.3, 0.4) is 0 Å². The van der Waals surface area contributed by atoms with Crippen molar-refractivity contribution in [2.45, 2.75) is 25.0 Å². The summed E-state index contributed by atoms with van der Waals surface area (Å²) >= 11 is 0. The van der Waals surface area contributed by atoms with Gasteiger partial charge in [-0.1, -0.05) is 5.92 Å². The number of hydrogen-bond donors (Lipinski definition) is 0. The van der Waals surface area contributed by atoms with Gasteiger partial charge in [0, 0.05) is 85.2 Å². The molecule has 2 bridgehead atoms. The molecule has 2 atom stereocenters. The number of nitrogens with zero attached hydrogens (tertiary/aromatic N) is 8. The van der Waals surface area contributed by atoms with E-state index < -0.39 is 0 Å². The van der Waals surface area contributed by atoms with Gasteiger partial charge in [-0.25, -0.2) is 13.9 Å². The lowest BCUT2D eigenvalue weighted by atomic mass is 9.86. The average Bonchev–Trinajstić information content (AvgIpc) is 3.61. The van der Waals surface area contributed by atoms with Crippen LogP contribution in [0.25, 0.3) is 27.8 Å². The van der Waals surface area contributed by atoms with Crippen LogP contribution < -0.4 is 4.90 Å². The molecule has 7 heterocycles. The van der Waals surface area contributed by atoms with Crippen molar-refractivity contribution in [2.75, 3.05) is 18.0 Å². The molecule has 8 nitrogen and oxygen atoms in total. The van der Waals surface area contributed by atoms with Crippen LogP contribution >= 0.6 is 0 Å². The molecule has 196 valence electrons. The van der Waals surface area contributed by atoms with E-state index in [1.807, 2.05) is 44.0 Å². The second kappa shape index (κ2) is 9.33. The second-order valence-corrected chi connectivity index (χ2v) is 10.5. The van der Waals surface area contributed by atoms with E-state index in [-0.39, 0.29) is 5.82 Å². The van der Waals surface area contributed by atoms with E-state index in [9.17, 15) is 9.65 Å². The third-order valence-electron chi connectivity index (χ3n) is 7.99. The summed E-state index contributed by atoms with van der Waals surface area (Å²) in [5, 5.41) is 18.4. The topological polar surface area (TPSA) is 78.3 Å². The van der Waals surface area contributed by atoms with Crippen LogP contribution in [0, 0.1) is 29.5 Å². The predicted molar refractivity (Wildman–Crippen MR) is 150 cm³/mol. The number of halogens is 1. The molecule has 1 aromatic carbocycles. The monoisotopic (exact) mass is 528 g/mol. The van der Waals surface area contributed by atoms with Crippen LogP contribution in [0.1, 0.15) is 23.1 Å². The highest BCUT2D eigenvalue weighted by molar-refractivity contribution is 5.87. The van der Waals surface area contributed by atoms with Crippen LogP contribution in [-0.4, -0.2) is 54.5 Å². The summed E-state index contributed by atoms with van der Waals surface area (Å²) in [5.74, 6) is 3.17. The van der Waals surface area contributed by atoms with Gasteiger partial charge < -0.3 is 4.90 Å². The van der Waals surface area contributed by atoms with Crippen LogP contribution in [-0.2, 0) is 13.6 Å². The molecule has 0 spiro atoms. The molecule has 0 saturated carbocycles. The van der Waals surface area contributed by atoms with Crippen molar-refractivity contribution in [1.29, 1.82) is 5.26 Å². The van der Waals surface area contributed by atoms with Crippen molar-refractivity contribution in [2.24, 2.45) is 7.05 Å². The summed E-state index contributed by atoms with van der Waals surface area (Å²) in [6.45, 7) is 2.42. The van der Waals surface area contributed by atoms with Crippen LogP contribution in [0.5, 0.6) is 0 Å². The van der Waals surface area contributed by atoms with E-state index in [1.165, 1.54) is 6.07 Å². The highest BCUT2D eigenvalue weighted by Crippen LogP contribution is 2.37. The Hall–Kier alpha value is -4.99. The number of anilines is 1. The molecule has 0 aliphatic carbocycles. The Morgan fingerprint density at radius 1 is 1.00 bits per heavy atom. The summed E-state index contributed by atoms with van der Waals surface area (Å²) in [6, 6.07) is 14.1. The first-order valence-corrected chi connectivity index (χ1v) is 13.1. The largest absolute Gasteiger partial charge is 0.353 e. The summed E-state index contributed by atoms with van der Waals surface area (Å²) < 4.78 is 17.5.